The van der Waals surface area contributed by atoms with E-state index in [9.17, 15) is 9.59 Å². The summed E-state index contributed by atoms with van der Waals surface area (Å²) in [4.78, 5) is 23.6. The molecule has 2 N–H and O–H groups in total. The number of methoxy groups -OCH3 is 1. The largest absolute Gasteiger partial charge is 0.496 e. The van der Waals surface area contributed by atoms with Crippen LogP contribution in [0.2, 0.25) is 0 Å². The van der Waals surface area contributed by atoms with Gasteiger partial charge in [-0.3, -0.25) is 20.4 Å². The van der Waals surface area contributed by atoms with E-state index in [1.165, 1.54) is 12.2 Å². The van der Waals surface area contributed by atoms with E-state index in [2.05, 4.69) is 33.4 Å². The average Bonchev–Trinajstić information content (AvgIpc) is 2.96. The molecule has 0 spiro atoms. The summed E-state index contributed by atoms with van der Waals surface area (Å²) in [6.07, 6.45) is 2.79. The van der Waals surface area contributed by atoms with E-state index >= 15 is 0 Å². The summed E-state index contributed by atoms with van der Waals surface area (Å²) < 4.78 is 11.2. The van der Waals surface area contributed by atoms with Gasteiger partial charge in [-0.15, -0.1) is 0 Å². The third kappa shape index (κ3) is 4.85. The van der Waals surface area contributed by atoms with Gasteiger partial charge in [-0.25, -0.2) is 0 Å². The molecule has 0 fully saturated rings. The summed E-state index contributed by atoms with van der Waals surface area (Å²) in [5.41, 5.74) is 5.06. The Bertz CT molecular complexity index is 752. The van der Waals surface area contributed by atoms with Gasteiger partial charge in [0.1, 0.15) is 17.3 Å². The number of carbonyl (C=O) groups is 2. The number of ether oxygens (including phenoxy) is 1. The van der Waals surface area contributed by atoms with E-state index in [0.717, 1.165) is 9.33 Å². The number of nitrogens with one attached hydrogen (secondary N) is 2. The molecule has 0 radical (unpaired) electrons. The Hall–Kier alpha value is -2.29. The van der Waals surface area contributed by atoms with Crippen LogP contribution in [-0.2, 0) is 4.79 Å². The maximum atomic E-state index is 12.0. The molecular weight excluding hydrogens is 411 g/mol. The van der Waals surface area contributed by atoms with Gasteiger partial charge >= 0.3 is 0 Å². The van der Waals surface area contributed by atoms with Crippen molar-refractivity contribution in [1.29, 1.82) is 0 Å². The van der Waals surface area contributed by atoms with Crippen LogP contribution in [0.5, 0.6) is 5.75 Å². The molecule has 1 aromatic carbocycles. The van der Waals surface area contributed by atoms with Gasteiger partial charge in [0.15, 0.2) is 0 Å². The molecule has 0 aliphatic heterocycles. The zero-order valence-corrected chi connectivity index (χ0v) is 14.7. The number of furan rings is 1. The number of amides is 2. The number of hydrogen-bond acceptors (Lipinski definition) is 4. The van der Waals surface area contributed by atoms with E-state index in [1.54, 1.807) is 37.4 Å². The van der Waals surface area contributed by atoms with Crippen LogP contribution in [0.25, 0.3) is 6.08 Å². The minimum absolute atomic E-state index is 0.416. The molecule has 2 amide bonds. The lowest BCUT2D eigenvalue weighted by atomic mass is 10.2. The van der Waals surface area contributed by atoms with Crippen molar-refractivity contribution in [1.82, 2.24) is 10.9 Å². The van der Waals surface area contributed by atoms with Gasteiger partial charge in [0.25, 0.3) is 11.8 Å². The van der Waals surface area contributed by atoms with Gasteiger partial charge < -0.3 is 9.15 Å². The summed E-state index contributed by atoms with van der Waals surface area (Å²) in [6.45, 7) is 1.81. The fourth-order valence-electron chi connectivity index (χ4n) is 1.74. The van der Waals surface area contributed by atoms with E-state index in [4.69, 9.17) is 9.15 Å². The molecule has 1 aromatic heterocycles. The molecular formula is C16H15IN2O4. The lowest BCUT2D eigenvalue weighted by molar-refractivity contribution is -0.117. The number of halogens is 1. The molecule has 0 saturated heterocycles. The highest BCUT2D eigenvalue weighted by Crippen LogP contribution is 2.21. The van der Waals surface area contributed by atoms with Crippen LogP contribution in [0.3, 0.4) is 0 Å². The number of hydrogen-bond donors (Lipinski definition) is 2. The predicted octanol–water partition coefficient (Wildman–Crippen LogP) is 2.68. The highest BCUT2D eigenvalue weighted by molar-refractivity contribution is 14.1. The van der Waals surface area contributed by atoms with Crippen molar-refractivity contribution in [3.05, 3.63) is 57.1 Å². The van der Waals surface area contributed by atoms with Crippen LogP contribution >= 0.6 is 22.6 Å². The Morgan fingerprint density at radius 3 is 2.61 bits per heavy atom. The quantitative estimate of drug-likeness (QED) is 0.448. The molecule has 7 heteroatoms. The standard InChI is InChI=1S/C16H15IN2O4/c1-10-3-5-12(23-10)6-8-15(20)18-19-16(21)11-4-7-14(22-2)13(17)9-11/h3-9H,1-2H3,(H,18,20)(H,19,21). The second-order valence-corrected chi connectivity index (χ2v) is 5.74. The molecule has 6 nitrogen and oxygen atoms in total. The molecule has 2 rings (SSSR count). The van der Waals surface area contributed by atoms with Crippen LogP contribution in [-0.4, -0.2) is 18.9 Å². The van der Waals surface area contributed by atoms with Crippen molar-refractivity contribution < 1.29 is 18.7 Å². The zero-order chi connectivity index (χ0) is 16.8. The first-order chi connectivity index (χ1) is 11.0. The van der Waals surface area contributed by atoms with Crippen LogP contribution in [0, 0.1) is 10.5 Å². The van der Waals surface area contributed by atoms with Gasteiger partial charge in [-0.1, -0.05) is 0 Å². The Morgan fingerprint density at radius 2 is 2.00 bits per heavy atom. The van der Waals surface area contributed by atoms with Crippen molar-refractivity contribution >= 4 is 40.5 Å². The number of hydrazine groups is 1. The molecule has 2 aromatic rings. The minimum Gasteiger partial charge on any atom is -0.496 e. The molecule has 0 saturated carbocycles. The topological polar surface area (TPSA) is 80.6 Å². The third-order valence-electron chi connectivity index (χ3n) is 2.87. The van der Waals surface area contributed by atoms with Crippen molar-refractivity contribution in [3.8, 4) is 5.75 Å². The average molecular weight is 426 g/mol. The summed E-state index contributed by atoms with van der Waals surface area (Å²) in [5, 5.41) is 0. The predicted molar refractivity (Wildman–Crippen MR) is 93.8 cm³/mol. The Labute approximate surface area is 147 Å². The maximum absolute atomic E-state index is 12.0. The smallest absolute Gasteiger partial charge is 0.269 e. The second-order valence-electron chi connectivity index (χ2n) is 4.57. The first-order valence-corrected chi connectivity index (χ1v) is 7.76. The number of benzene rings is 1. The molecule has 120 valence electrons. The van der Waals surface area contributed by atoms with E-state index in [0.29, 0.717) is 17.1 Å². The zero-order valence-electron chi connectivity index (χ0n) is 12.6. The van der Waals surface area contributed by atoms with Gasteiger partial charge in [-0.2, -0.15) is 0 Å². The minimum atomic E-state index is -0.462. The monoisotopic (exact) mass is 426 g/mol. The number of carbonyl (C=O) groups excluding carboxylic acids is 2. The normalized spacial score (nSPS) is 10.6. The van der Waals surface area contributed by atoms with Crippen LogP contribution < -0.4 is 15.6 Å². The summed E-state index contributed by atoms with van der Waals surface area (Å²) in [7, 11) is 1.56. The third-order valence-corrected chi connectivity index (χ3v) is 3.72. The molecule has 0 bridgehead atoms. The van der Waals surface area contributed by atoms with Crippen molar-refractivity contribution in [2.45, 2.75) is 6.92 Å². The lowest BCUT2D eigenvalue weighted by Gasteiger charge is -2.07. The van der Waals surface area contributed by atoms with Gasteiger partial charge in [0, 0.05) is 11.6 Å². The molecule has 23 heavy (non-hydrogen) atoms. The van der Waals surface area contributed by atoms with Crippen molar-refractivity contribution in [2.75, 3.05) is 7.11 Å². The summed E-state index contributed by atoms with van der Waals surface area (Å²) >= 11 is 2.07. The van der Waals surface area contributed by atoms with Crippen molar-refractivity contribution in [2.24, 2.45) is 0 Å². The van der Waals surface area contributed by atoms with Crippen molar-refractivity contribution in [3.63, 3.8) is 0 Å². The molecule has 1 heterocycles. The van der Waals surface area contributed by atoms with Gasteiger partial charge in [0.05, 0.1) is 10.7 Å². The summed E-state index contributed by atoms with van der Waals surface area (Å²) in [5.74, 6) is 1.13. The highest BCUT2D eigenvalue weighted by Gasteiger charge is 2.09. The van der Waals surface area contributed by atoms with E-state index in [-0.39, 0.29) is 0 Å². The SMILES string of the molecule is COc1ccc(C(=O)NNC(=O)C=Cc2ccc(C)o2)cc1I. The van der Waals surface area contributed by atoms with Crippen LogP contribution in [0.1, 0.15) is 21.9 Å². The number of aryl methyl sites for hydroxylation is 1. The fourth-order valence-corrected chi connectivity index (χ4v) is 2.48. The summed E-state index contributed by atoms with van der Waals surface area (Å²) in [6, 6.07) is 8.52. The lowest BCUT2D eigenvalue weighted by Crippen LogP contribution is -2.40. The second kappa shape index (κ2) is 7.82. The van der Waals surface area contributed by atoms with Crippen LogP contribution in [0.4, 0.5) is 0 Å². The van der Waals surface area contributed by atoms with E-state index in [1.807, 2.05) is 6.92 Å². The van der Waals surface area contributed by atoms with Gasteiger partial charge in [-0.05, 0) is 65.9 Å². The fraction of sp³-hybridized carbons (Fsp3) is 0.125. The highest BCUT2D eigenvalue weighted by atomic mass is 127. The van der Waals surface area contributed by atoms with Crippen LogP contribution in [0.15, 0.2) is 40.8 Å². The first kappa shape index (κ1) is 17.1. The Morgan fingerprint density at radius 1 is 1.22 bits per heavy atom. The van der Waals surface area contributed by atoms with E-state index < -0.39 is 11.8 Å². The Kier molecular flexibility index (Phi) is 5.80. The molecule has 0 aliphatic rings. The van der Waals surface area contributed by atoms with Gasteiger partial charge in [0.2, 0.25) is 0 Å². The molecule has 0 aliphatic carbocycles. The Balaban J connectivity index is 1.89. The molecule has 0 unspecified atom stereocenters. The number of rotatable bonds is 4. The maximum Gasteiger partial charge on any atom is 0.269 e. The first-order valence-electron chi connectivity index (χ1n) is 6.68. The molecule has 0 atom stereocenters.